The highest BCUT2D eigenvalue weighted by atomic mass is 32.2. The van der Waals surface area contributed by atoms with Crippen molar-refractivity contribution in [2.75, 3.05) is 44.8 Å². The summed E-state index contributed by atoms with van der Waals surface area (Å²) in [4.78, 5) is 17.3. The van der Waals surface area contributed by atoms with Crippen LogP contribution >= 0.6 is 0 Å². The molecule has 5 atom stereocenters. The monoisotopic (exact) mass is 632 g/mol. The zero-order valence-corrected chi connectivity index (χ0v) is 25.6. The van der Waals surface area contributed by atoms with E-state index in [4.69, 9.17) is 23.7 Å². The van der Waals surface area contributed by atoms with Crippen molar-refractivity contribution in [3.63, 3.8) is 0 Å². The SMILES string of the molecule is CC(C)CN(CC(O)C(Cc1ccccc1)NC(=O)OC1COC2OCCC12)S(=O)(=O)c1ccc2nc(NCCO)oc2c1. The number of hydrogen-bond donors (Lipinski definition) is 4. The van der Waals surface area contributed by atoms with Gasteiger partial charge in [-0.25, -0.2) is 13.2 Å². The molecule has 0 spiro atoms. The van der Waals surface area contributed by atoms with Crippen LogP contribution in [0.15, 0.2) is 57.8 Å². The maximum atomic E-state index is 13.9. The number of aromatic nitrogens is 1. The number of carbonyl (C=O) groups is 1. The molecule has 4 N–H and O–H groups in total. The number of benzene rings is 2. The van der Waals surface area contributed by atoms with Crippen LogP contribution in [-0.4, -0.2) is 98.0 Å². The molecule has 2 aliphatic heterocycles. The van der Waals surface area contributed by atoms with E-state index in [0.29, 0.717) is 12.1 Å². The van der Waals surface area contributed by atoms with Crippen LogP contribution in [0.25, 0.3) is 11.1 Å². The Labute approximate surface area is 256 Å². The fraction of sp³-hybridized carbons (Fsp3) is 0.533. The lowest BCUT2D eigenvalue weighted by molar-refractivity contribution is -0.0907. The summed E-state index contributed by atoms with van der Waals surface area (Å²) >= 11 is 0. The number of rotatable bonds is 14. The van der Waals surface area contributed by atoms with Crippen LogP contribution in [0.5, 0.6) is 0 Å². The second-order valence-corrected chi connectivity index (χ2v) is 13.4. The van der Waals surface area contributed by atoms with E-state index in [2.05, 4.69) is 15.6 Å². The molecule has 44 heavy (non-hydrogen) atoms. The van der Waals surface area contributed by atoms with Gasteiger partial charge in [-0.2, -0.15) is 9.29 Å². The summed E-state index contributed by atoms with van der Waals surface area (Å²) in [5.74, 6) is -0.108. The molecule has 2 aromatic carbocycles. The molecular weight excluding hydrogens is 592 g/mol. The number of sulfonamides is 1. The van der Waals surface area contributed by atoms with Gasteiger partial charge in [-0.05, 0) is 36.5 Å². The quantitative estimate of drug-likeness (QED) is 0.206. The summed E-state index contributed by atoms with van der Waals surface area (Å²) in [6.45, 7) is 4.49. The minimum absolute atomic E-state index is 0.0238. The summed E-state index contributed by atoms with van der Waals surface area (Å²) in [5.41, 5.74) is 1.56. The highest BCUT2D eigenvalue weighted by Gasteiger charge is 2.44. The third-order valence-corrected chi connectivity index (χ3v) is 9.48. The van der Waals surface area contributed by atoms with E-state index >= 15 is 0 Å². The first-order valence-corrected chi connectivity index (χ1v) is 16.3. The highest BCUT2D eigenvalue weighted by Crippen LogP contribution is 2.33. The fourth-order valence-electron chi connectivity index (χ4n) is 5.49. The molecule has 5 unspecified atom stereocenters. The predicted octanol–water partition coefficient (Wildman–Crippen LogP) is 2.34. The van der Waals surface area contributed by atoms with Crippen LogP contribution in [0.3, 0.4) is 0 Å². The summed E-state index contributed by atoms with van der Waals surface area (Å²) in [6, 6.07) is 13.0. The van der Waals surface area contributed by atoms with Gasteiger partial charge in [0.15, 0.2) is 11.9 Å². The standard InChI is InChI=1S/C30H40N4O9S/c1-19(2)16-34(44(38,39)21-8-9-23-26(15-21)42-29(32-23)31-11-12-35)17-25(36)24(14-20-6-4-3-5-7-20)33-30(37)43-27-18-41-28-22(27)10-13-40-28/h3-9,15,19,22,24-25,27-28,35-36H,10-14,16-18H2,1-2H3,(H,31,32)(H,33,37). The van der Waals surface area contributed by atoms with E-state index in [9.17, 15) is 18.3 Å². The van der Waals surface area contributed by atoms with Gasteiger partial charge in [-0.15, -0.1) is 0 Å². The first-order valence-electron chi connectivity index (χ1n) is 14.8. The zero-order valence-electron chi connectivity index (χ0n) is 24.8. The summed E-state index contributed by atoms with van der Waals surface area (Å²) in [6.07, 6.45) is -1.88. The zero-order chi connectivity index (χ0) is 31.3. The molecular formula is C30H40N4O9S. The third-order valence-electron chi connectivity index (χ3n) is 7.65. The van der Waals surface area contributed by atoms with Gasteiger partial charge >= 0.3 is 6.09 Å². The second kappa shape index (κ2) is 14.2. The van der Waals surface area contributed by atoms with Crippen molar-refractivity contribution in [3.8, 4) is 0 Å². The van der Waals surface area contributed by atoms with E-state index in [1.54, 1.807) is 6.07 Å². The molecule has 0 bridgehead atoms. The predicted molar refractivity (Wildman–Crippen MR) is 160 cm³/mol. The van der Waals surface area contributed by atoms with Crippen LogP contribution in [0.4, 0.5) is 10.8 Å². The molecule has 14 heteroatoms. The largest absolute Gasteiger partial charge is 0.443 e. The van der Waals surface area contributed by atoms with Crippen LogP contribution in [0, 0.1) is 11.8 Å². The Balaban J connectivity index is 1.34. The Morgan fingerprint density at radius 2 is 1.95 bits per heavy atom. The number of aliphatic hydroxyl groups excluding tert-OH is 2. The molecule has 3 aromatic rings. The van der Waals surface area contributed by atoms with Gasteiger partial charge in [0, 0.05) is 25.7 Å². The van der Waals surface area contributed by atoms with Gasteiger partial charge in [0.25, 0.3) is 6.01 Å². The molecule has 5 rings (SSSR count). The summed E-state index contributed by atoms with van der Waals surface area (Å²) in [7, 11) is -4.10. The van der Waals surface area contributed by atoms with Gasteiger partial charge in [0.05, 0.1) is 42.8 Å². The van der Waals surface area contributed by atoms with Crippen LogP contribution in [-0.2, 0) is 30.7 Å². The third kappa shape index (κ3) is 7.68. The Bertz CT molecular complexity index is 1500. The first-order chi connectivity index (χ1) is 21.1. The summed E-state index contributed by atoms with van der Waals surface area (Å²) in [5, 5.41) is 26.2. The Kier molecular flexibility index (Phi) is 10.4. The van der Waals surface area contributed by atoms with Crippen molar-refractivity contribution in [3.05, 3.63) is 54.1 Å². The van der Waals surface area contributed by atoms with Crippen molar-refractivity contribution >= 4 is 33.2 Å². The van der Waals surface area contributed by atoms with Gasteiger partial charge < -0.3 is 39.5 Å². The number of fused-ring (bicyclic) bond motifs is 2. The molecule has 240 valence electrons. The van der Waals surface area contributed by atoms with Crippen LogP contribution in [0.2, 0.25) is 0 Å². The number of ether oxygens (including phenoxy) is 3. The second-order valence-electron chi connectivity index (χ2n) is 11.5. The lowest BCUT2D eigenvalue weighted by Crippen LogP contribution is -2.51. The number of anilines is 1. The maximum absolute atomic E-state index is 13.9. The molecule has 2 aliphatic rings. The van der Waals surface area contributed by atoms with E-state index in [1.165, 1.54) is 16.4 Å². The Morgan fingerprint density at radius 3 is 2.70 bits per heavy atom. The van der Waals surface area contributed by atoms with E-state index < -0.39 is 34.4 Å². The number of hydrogen-bond acceptors (Lipinski definition) is 11. The van der Waals surface area contributed by atoms with E-state index in [-0.39, 0.29) is 73.9 Å². The number of alkyl carbamates (subject to hydrolysis) is 1. The molecule has 0 radical (unpaired) electrons. The average molecular weight is 633 g/mol. The lowest BCUT2D eigenvalue weighted by Gasteiger charge is -2.31. The molecule has 0 aliphatic carbocycles. The molecule has 1 amide bonds. The summed E-state index contributed by atoms with van der Waals surface area (Å²) < 4.78 is 51.5. The van der Waals surface area contributed by atoms with E-state index in [0.717, 1.165) is 12.0 Å². The number of nitrogens with zero attached hydrogens (tertiary/aromatic N) is 2. The van der Waals surface area contributed by atoms with Gasteiger partial charge in [0.2, 0.25) is 10.0 Å². The molecule has 0 saturated carbocycles. The van der Waals surface area contributed by atoms with Crippen molar-refractivity contribution in [1.29, 1.82) is 0 Å². The normalized spacial score (nSPS) is 21.5. The minimum Gasteiger partial charge on any atom is -0.443 e. The molecule has 1 aromatic heterocycles. The first kappa shape index (κ1) is 32.1. The van der Waals surface area contributed by atoms with Crippen molar-refractivity contribution in [2.45, 2.75) is 56.1 Å². The highest BCUT2D eigenvalue weighted by molar-refractivity contribution is 7.89. The van der Waals surface area contributed by atoms with Crippen LogP contribution < -0.4 is 10.6 Å². The number of nitrogens with one attached hydrogen (secondary N) is 2. The number of carbonyl (C=O) groups excluding carboxylic acids is 1. The number of oxazole rings is 1. The molecule has 2 fully saturated rings. The molecule has 3 heterocycles. The Morgan fingerprint density at radius 1 is 1.16 bits per heavy atom. The molecule has 13 nitrogen and oxygen atoms in total. The Hall–Kier alpha value is -3.27. The minimum atomic E-state index is -4.10. The maximum Gasteiger partial charge on any atom is 0.407 e. The average Bonchev–Trinajstić information content (AvgIpc) is 3.72. The smallest absolute Gasteiger partial charge is 0.407 e. The number of aliphatic hydroxyl groups is 2. The van der Waals surface area contributed by atoms with Crippen molar-refractivity contribution < 1.29 is 42.1 Å². The van der Waals surface area contributed by atoms with E-state index in [1.807, 2.05) is 44.2 Å². The lowest BCUT2D eigenvalue weighted by atomic mass is 10.0. The van der Waals surface area contributed by atoms with Gasteiger partial charge in [-0.1, -0.05) is 44.2 Å². The molecule has 2 saturated heterocycles. The van der Waals surface area contributed by atoms with Crippen LogP contribution in [0.1, 0.15) is 25.8 Å². The van der Waals surface area contributed by atoms with Crippen molar-refractivity contribution in [1.82, 2.24) is 14.6 Å². The van der Waals surface area contributed by atoms with Gasteiger partial charge in [0.1, 0.15) is 11.6 Å². The fourth-order valence-corrected chi connectivity index (χ4v) is 7.13. The van der Waals surface area contributed by atoms with Gasteiger partial charge in [-0.3, -0.25) is 0 Å². The number of amides is 1. The topological polar surface area (TPSA) is 173 Å². The van der Waals surface area contributed by atoms with Crippen molar-refractivity contribution in [2.24, 2.45) is 11.8 Å².